The number of ether oxygens (including phenoxy) is 1. The van der Waals surface area contributed by atoms with Crippen LogP contribution in [0.3, 0.4) is 0 Å². The largest absolute Gasteiger partial charge is 0.481 e. The van der Waals surface area contributed by atoms with Crippen LogP contribution in [0.5, 0.6) is 5.88 Å². The van der Waals surface area contributed by atoms with Crippen molar-refractivity contribution in [3.8, 4) is 17.0 Å². The van der Waals surface area contributed by atoms with Crippen LogP contribution in [0.15, 0.2) is 40.6 Å². The number of nitrogens with one attached hydrogen (secondary N) is 1. The Morgan fingerprint density at radius 2 is 2.00 bits per heavy atom. The summed E-state index contributed by atoms with van der Waals surface area (Å²) < 4.78 is 47.8. The van der Waals surface area contributed by atoms with Gasteiger partial charge in [0.05, 0.1) is 19.2 Å². The van der Waals surface area contributed by atoms with E-state index >= 15 is 0 Å². The van der Waals surface area contributed by atoms with Crippen LogP contribution in [0.2, 0.25) is 0 Å². The molecule has 2 aromatic rings. The molecule has 1 aromatic heterocycles. The first kappa shape index (κ1) is 24.8. The summed E-state index contributed by atoms with van der Waals surface area (Å²) >= 11 is 0. The van der Waals surface area contributed by atoms with Gasteiger partial charge in [0.25, 0.3) is 10.0 Å². The summed E-state index contributed by atoms with van der Waals surface area (Å²) in [6.45, 7) is 6.88. The molecule has 11 heteroatoms. The maximum Gasteiger partial charge on any atom is 0.258 e. The maximum absolute atomic E-state index is 14.6. The fourth-order valence-electron chi connectivity index (χ4n) is 5.23. The number of likely N-dealkylation sites (tertiary alicyclic amines) is 1. The lowest BCUT2D eigenvalue weighted by molar-refractivity contribution is 0.0830. The summed E-state index contributed by atoms with van der Waals surface area (Å²) in [6, 6.07) is 6.38. The summed E-state index contributed by atoms with van der Waals surface area (Å²) in [5.74, 6) is 0.407. The van der Waals surface area contributed by atoms with Gasteiger partial charge in [-0.05, 0) is 55.3 Å². The first-order valence-electron chi connectivity index (χ1n) is 12.0. The molecule has 3 aliphatic rings. The lowest BCUT2D eigenvalue weighted by atomic mass is 9.81. The Bertz CT molecular complexity index is 1350. The molecule has 2 fully saturated rings. The van der Waals surface area contributed by atoms with E-state index < -0.39 is 10.0 Å². The quantitative estimate of drug-likeness (QED) is 0.657. The molecular weight excluding hydrogens is 483 g/mol. The normalized spacial score (nSPS) is 21.2. The molecule has 0 bridgehead atoms. The van der Waals surface area contributed by atoms with Crippen LogP contribution in [-0.4, -0.2) is 73.8 Å². The van der Waals surface area contributed by atoms with Crippen LogP contribution in [0.25, 0.3) is 11.1 Å². The van der Waals surface area contributed by atoms with Gasteiger partial charge in [-0.2, -0.15) is 9.41 Å². The van der Waals surface area contributed by atoms with Gasteiger partial charge >= 0.3 is 0 Å². The number of rotatable bonds is 5. The Kier molecular flexibility index (Phi) is 6.34. The highest BCUT2D eigenvalue weighted by molar-refractivity contribution is 8.04. The smallest absolute Gasteiger partial charge is 0.258 e. The maximum atomic E-state index is 14.6. The molecule has 0 radical (unpaired) electrons. The lowest BCUT2D eigenvalue weighted by Crippen LogP contribution is -2.60. The number of sulfonamides is 1. The molecule has 5 rings (SSSR count). The van der Waals surface area contributed by atoms with Crippen LogP contribution in [-0.2, 0) is 10.0 Å². The molecule has 2 saturated heterocycles. The van der Waals surface area contributed by atoms with Crippen LogP contribution >= 0.6 is 0 Å². The van der Waals surface area contributed by atoms with E-state index in [1.807, 2.05) is 13.8 Å². The average Bonchev–Trinajstić information content (AvgIpc) is 3.46. The van der Waals surface area contributed by atoms with Gasteiger partial charge in [0, 0.05) is 42.9 Å². The zero-order chi connectivity index (χ0) is 25.7. The minimum absolute atomic E-state index is 0.0186. The van der Waals surface area contributed by atoms with E-state index in [-0.39, 0.29) is 28.6 Å². The third-order valence-corrected chi connectivity index (χ3v) is 8.92. The number of aromatic nitrogens is 1. The van der Waals surface area contributed by atoms with Crippen molar-refractivity contribution in [1.82, 2.24) is 19.6 Å². The Morgan fingerprint density at radius 3 is 2.67 bits per heavy atom. The van der Waals surface area contributed by atoms with E-state index in [1.165, 1.54) is 23.5 Å². The Balaban J connectivity index is 1.43. The van der Waals surface area contributed by atoms with Crippen molar-refractivity contribution < 1.29 is 17.5 Å². The second-order valence-corrected chi connectivity index (χ2v) is 12.2. The molecule has 0 saturated carbocycles. The molecule has 36 heavy (non-hydrogen) atoms. The van der Waals surface area contributed by atoms with E-state index in [0.29, 0.717) is 47.2 Å². The van der Waals surface area contributed by atoms with E-state index in [1.54, 1.807) is 18.3 Å². The molecule has 192 valence electrons. The Morgan fingerprint density at radius 1 is 1.22 bits per heavy atom. The van der Waals surface area contributed by atoms with Gasteiger partial charge in [-0.3, -0.25) is 5.43 Å². The van der Waals surface area contributed by atoms with Gasteiger partial charge in [0.2, 0.25) is 5.88 Å². The number of amidine groups is 1. The second-order valence-electron chi connectivity index (χ2n) is 10.2. The van der Waals surface area contributed by atoms with Gasteiger partial charge < -0.3 is 9.64 Å². The molecule has 9 nitrogen and oxygen atoms in total. The third kappa shape index (κ3) is 4.51. The number of pyridine rings is 1. The molecule has 0 atom stereocenters. The summed E-state index contributed by atoms with van der Waals surface area (Å²) in [5.41, 5.74) is 5.41. The van der Waals surface area contributed by atoms with Gasteiger partial charge in [-0.15, -0.1) is 0 Å². The molecule has 1 N–H and O–H groups in total. The van der Waals surface area contributed by atoms with E-state index in [2.05, 4.69) is 27.5 Å². The van der Waals surface area contributed by atoms with Gasteiger partial charge in [-0.1, -0.05) is 13.8 Å². The van der Waals surface area contributed by atoms with E-state index in [4.69, 9.17) is 9.73 Å². The summed E-state index contributed by atoms with van der Waals surface area (Å²) in [5, 5.41) is 4.19. The predicted octanol–water partition coefficient (Wildman–Crippen LogP) is 3.32. The van der Waals surface area contributed by atoms with Crippen LogP contribution in [0.4, 0.5) is 10.1 Å². The number of hydrazone groups is 1. The number of benzene rings is 1. The van der Waals surface area contributed by atoms with Crippen molar-refractivity contribution in [2.24, 2.45) is 15.5 Å². The van der Waals surface area contributed by atoms with Crippen molar-refractivity contribution in [1.29, 1.82) is 0 Å². The zero-order valence-corrected chi connectivity index (χ0v) is 21.8. The number of hydrogen-bond donors (Lipinski definition) is 1. The summed E-state index contributed by atoms with van der Waals surface area (Å²) in [7, 11) is -0.0907. The zero-order valence-electron chi connectivity index (χ0n) is 21.0. The van der Waals surface area contributed by atoms with Crippen LogP contribution in [0.1, 0.15) is 38.2 Å². The summed E-state index contributed by atoms with van der Waals surface area (Å²) in [6.07, 6.45) is 2.66. The van der Waals surface area contributed by atoms with Crippen LogP contribution in [0, 0.1) is 11.2 Å². The van der Waals surface area contributed by atoms with Crippen LogP contribution < -0.4 is 10.2 Å². The predicted molar refractivity (Wildman–Crippen MR) is 138 cm³/mol. The first-order chi connectivity index (χ1) is 17.1. The minimum atomic E-state index is -3.68. The fraction of sp³-hybridized carbons (Fsp3) is 0.480. The lowest BCUT2D eigenvalue weighted by Gasteiger charge is -2.46. The van der Waals surface area contributed by atoms with Gasteiger partial charge in [0.15, 0.2) is 5.04 Å². The molecule has 0 aliphatic carbocycles. The molecular formula is C25H31FN6O3S. The topological polar surface area (TPSA) is 99.5 Å². The second kappa shape index (κ2) is 9.20. The number of hydrogen-bond acceptors (Lipinski definition) is 7. The van der Waals surface area contributed by atoms with Crippen molar-refractivity contribution in [3.63, 3.8) is 0 Å². The molecule has 3 aliphatic heterocycles. The standard InChI is InChI=1S/C25H31FN6O3S/c1-16(2)19-10-18(26)11-20(17-5-7-27-22(9-17)35-4)24(19)28-21-12-23(30-29-21)36(33,34)32-14-25(15-32)6-8-31(3)13-25/h5,7,9-11,16H,6,8,12-15H2,1-4H3,(H,28,29). The number of nitrogens with zero attached hydrogens (tertiary/aromatic N) is 5. The molecule has 0 unspecified atom stereocenters. The molecule has 0 amide bonds. The third-order valence-electron chi connectivity index (χ3n) is 7.15. The van der Waals surface area contributed by atoms with E-state index in [9.17, 15) is 12.8 Å². The molecule has 1 aromatic carbocycles. The highest BCUT2D eigenvalue weighted by Gasteiger charge is 2.52. The average molecular weight is 515 g/mol. The highest BCUT2D eigenvalue weighted by Crippen LogP contribution is 2.42. The monoisotopic (exact) mass is 514 g/mol. The van der Waals surface area contributed by atoms with Gasteiger partial charge in [-0.25, -0.2) is 22.8 Å². The fourth-order valence-corrected chi connectivity index (χ4v) is 6.89. The van der Waals surface area contributed by atoms with Crippen molar-refractivity contribution in [2.75, 3.05) is 40.3 Å². The Labute approximate surface area is 211 Å². The van der Waals surface area contributed by atoms with Crippen molar-refractivity contribution >= 4 is 26.6 Å². The minimum Gasteiger partial charge on any atom is -0.481 e. The van der Waals surface area contributed by atoms with Crippen molar-refractivity contribution in [2.45, 2.75) is 32.6 Å². The number of halogens is 1. The Hall–Kier alpha value is -2.89. The number of aliphatic imine (C=N–C) groups is 1. The first-order valence-corrected chi connectivity index (χ1v) is 13.5. The SMILES string of the molecule is COc1cc(-c2cc(F)cc(C(C)C)c2N=C2CC(S(=O)(=O)N3CC4(CCN(C)C4)C3)=NN2)ccn1. The molecule has 4 heterocycles. The van der Waals surface area contributed by atoms with E-state index in [0.717, 1.165) is 19.5 Å². The van der Waals surface area contributed by atoms with Gasteiger partial charge in [0.1, 0.15) is 11.7 Å². The highest BCUT2D eigenvalue weighted by atomic mass is 32.2. The van der Waals surface area contributed by atoms with Crippen molar-refractivity contribution in [3.05, 3.63) is 41.8 Å². The summed E-state index contributed by atoms with van der Waals surface area (Å²) in [4.78, 5) is 11.2. The molecule has 1 spiro atoms. The number of methoxy groups -OCH3 is 1.